The van der Waals surface area contributed by atoms with Gasteiger partial charge in [-0.2, -0.15) is 0 Å². The van der Waals surface area contributed by atoms with Crippen molar-refractivity contribution in [3.8, 4) is 22.9 Å². The van der Waals surface area contributed by atoms with Crippen molar-refractivity contribution >= 4 is 33.1 Å². The van der Waals surface area contributed by atoms with Crippen molar-refractivity contribution in [3.05, 3.63) is 65.0 Å². The maximum Gasteiger partial charge on any atom is 0.251 e. The Bertz CT molecular complexity index is 1330. The predicted octanol–water partition coefficient (Wildman–Crippen LogP) is 4.07. The first-order valence-electron chi connectivity index (χ1n) is 9.65. The van der Waals surface area contributed by atoms with Gasteiger partial charge < -0.3 is 19.4 Å². The molecule has 164 valence electrons. The SMILES string of the molecule is COc1ccc(C(=O)NCC(=O)c2cn(C)c(-c3csc4c(F)cccc34)n2)cc1OC. The van der Waals surface area contributed by atoms with Crippen LogP contribution < -0.4 is 14.8 Å². The second-order valence-corrected chi connectivity index (χ2v) is 7.88. The Balaban J connectivity index is 1.50. The molecule has 7 nitrogen and oxygen atoms in total. The van der Waals surface area contributed by atoms with Crippen LogP contribution in [0, 0.1) is 5.82 Å². The molecule has 0 saturated heterocycles. The number of Topliss-reactive ketones (excluding diaryl/α,β-unsaturated/α-hetero) is 1. The number of nitrogens with one attached hydrogen (secondary N) is 1. The van der Waals surface area contributed by atoms with Crippen molar-refractivity contribution < 1.29 is 23.5 Å². The van der Waals surface area contributed by atoms with Crippen molar-refractivity contribution in [2.24, 2.45) is 7.05 Å². The van der Waals surface area contributed by atoms with Gasteiger partial charge in [-0.25, -0.2) is 9.37 Å². The molecule has 0 atom stereocenters. The largest absolute Gasteiger partial charge is 0.493 e. The molecule has 2 aromatic carbocycles. The summed E-state index contributed by atoms with van der Waals surface area (Å²) in [5.41, 5.74) is 1.30. The van der Waals surface area contributed by atoms with Crippen LogP contribution in [-0.2, 0) is 7.05 Å². The fourth-order valence-electron chi connectivity index (χ4n) is 3.38. The van der Waals surface area contributed by atoms with Gasteiger partial charge >= 0.3 is 0 Å². The molecule has 0 unspecified atom stereocenters. The molecule has 2 heterocycles. The molecule has 0 aliphatic rings. The lowest BCUT2D eigenvalue weighted by atomic mass is 10.1. The van der Waals surface area contributed by atoms with Crippen molar-refractivity contribution in [1.82, 2.24) is 14.9 Å². The highest BCUT2D eigenvalue weighted by Crippen LogP contribution is 2.34. The maximum absolute atomic E-state index is 14.0. The molecule has 1 N–H and O–H groups in total. The number of hydrogen-bond donors (Lipinski definition) is 1. The van der Waals surface area contributed by atoms with E-state index in [4.69, 9.17) is 9.47 Å². The minimum absolute atomic E-state index is 0.214. The number of benzene rings is 2. The summed E-state index contributed by atoms with van der Waals surface area (Å²) in [5, 5.41) is 5.17. The number of fused-ring (bicyclic) bond motifs is 1. The minimum atomic E-state index is -0.422. The average molecular weight is 453 g/mol. The van der Waals surface area contributed by atoms with E-state index in [0.717, 1.165) is 10.9 Å². The fraction of sp³-hybridized carbons (Fsp3) is 0.174. The van der Waals surface area contributed by atoms with Gasteiger partial charge in [-0.15, -0.1) is 11.3 Å². The van der Waals surface area contributed by atoms with Gasteiger partial charge in [0.05, 0.1) is 25.5 Å². The highest BCUT2D eigenvalue weighted by Gasteiger charge is 2.19. The summed E-state index contributed by atoms with van der Waals surface area (Å²) in [7, 11) is 4.75. The van der Waals surface area contributed by atoms with Gasteiger partial charge in [-0.3, -0.25) is 9.59 Å². The van der Waals surface area contributed by atoms with Crippen molar-refractivity contribution in [1.29, 1.82) is 0 Å². The normalized spacial score (nSPS) is 10.9. The van der Waals surface area contributed by atoms with E-state index in [-0.39, 0.29) is 23.8 Å². The van der Waals surface area contributed by atoms with Gasteiger partial charge in [0, 0.05) is 35.1 Å². The number of aryl methyl sites for hydroxylation is 1. The van der Waals surface area contributed by atoms with Crippen LogP contribution in [0.5, 0.6) is 11.5 Å². The molecule has 4 rings (SSSR count). The zero-order chi connectivity index (χ0) is 22.8. The van der Waals surface area contributed by atoms with Crippen LogP contribution in [-0.4, -0.2) is 42.0 Å². The number of amides is 1. The smallest absolute Gasteiger partial charge is 0.251 e. The molecular weight excluding hydrogens is 433 g/mol. The number of halogens is 1. The van der Waals surface area contributed by atoms with E-state index < -0.39 is 5.91 Å². The molecule has 0 radical (unpaired) electrons. The van der Waals surface area contributed by atoms with E-state index >= 15 is 0 Å². The number of ether oxygens (including phenoxy) is 2. The number of nitrogens with zero attached hydrogens (tertiary/aromatic N) is 2. The van der Waals surface area contributed by atoms with Gasteiger partial charge in [0.1, 0.15) is 17.3 Å². The zero-order valence-corrected chi connectivity index (χ0v) is 18.5. The first kappa shape index (κ1) is 21.5. The van der Waals surface area contributed by atoms with Crippen molar-refractivity contribution in [2.75, 3.05) is 20.8 Å². The van der Waals surface area contributed by atoms with Crippen molar-refractivity contribution in [2.45, 2.75) is 0 Å². The highest BCUT2D eigenvalue weighted by atomic mass is 32.1. The molecule has 9 heteroatoms. The van der Waals surface area contributed by atoms with Crippen LogP contribution >= 0.6 is 11.3 Å². The summed E-state index contributed by atoms with van der Waals surface area (Å²) in [4.78, 5) is 29.6. The maximum atomic E-state index is 14.0. The van der Waals surface area contributed by atoms with E-state index in [1.165, 1.54) is 31.6 Å². The molecule has 0 bridgehead atoms. The Kier molecular flexibility index (Phi) is 5.91. The zero-order valence-electron chi connectivity index (χ0n) is 17.6. The second-order valence-electron chi connectivity index (χ2n) is 7.00. The van der Waals surface area contributed by atoms with Gasteiger partial charge in [-0.05, 0) is 24.3 Å². The quantitative estimate of drug-likeness (QED) is 0.427. The summed E-state index contributed by atoms with van der Waals surface area (Å²) in [6.07, 6.45) is 1.60. The first-order valence-corrected chi connectivity index (χ1v) is 10.5. The topological polar surface area (TPSA) is 82.5 Å². The summed E-state index contributed by atoms with van der Waals surface area (Å²) in [6.45, 7) is -0.220. The number of ketones is 1. The van der Waals surface area contributed by atoms with Crippen LogP contribution in [0.4, 0.5) is 4.39 Å². The molecule has 2 aromatic heterocycles. The van der Waals surface area contributed by atoms with E-state index in [2.05, 4.69) is 10.3 Å². The van der Waals surface area contributed by atoms with E-state index in [0.29, 0.717) is 27.6 Å². The number of carbonyl (C=O) groups excluding carboxylic acids is 2. The van der Waals surface area contributed by atoms with E-state index in [9.17, 15) is 14.0 Å². The highest BCUT2D eigenvalue weighted by molar-refractivity contribution is 7.17. The van der Waals surface area contributed by atoms with Gasteiger partial charge in [0.15, 0.2) is 11.5 Å². The number of thiophene rings is 1. The second kappa shape index (κ2) is 8.80. The van der Waals surface area contributed by atoms with Gasteiger partial charge in [0.2, 0.25) is 5.78 Å². The Morgan fingerprint density at radius 1 is 1.16 bits per heavy atom. The number of imidazole rings is 1. The number of aromatic nitrogens is 2. The average Bonchev–Trinajstić information content (AvgIpc) is 3.40. The Morgan fingerprint density at radius 2 is 1.94 bits per heavy atom. The van der Waals surface area contributed by atoms with Crippen LogP contribution in [0.3, 0.4) is 0 Å². The molecule has 0 aliphatic carbocycles. The molecule has 0 aliphatic heterocycles. The van der Waals surface area contributed by atoms with Crippen LogP contribution in [0.15, 0.2) is 48.0 Å². The standard InChI is InChI=1S/C23H20FN3O4S/c1-27-11-17(26-22(27)15-12-32-21-14(15)5-4-6-16(21)24)18(28)10-25-23(29)13-7-8-19(30-2)20(9-13)31-3/h4-9,11-12H,10H2,1-3H3,(H,25,29). The lowest BCUT2D eigenvalue weighted by molar-refractivity contribution is 0.0902. The predicted molar refractivity (Wildman–Crippen MR) is 120 cm³/mol. The lowest BCUT2D eigenvalue weighted by Gasteiger charge is -2.09. The summed E-state index contributed by atoms with van der Waals surface area (Å²) in [5.74, 6) is 0.418. The lowest BCUT2D eigenvalue weighted by Crippen LogP contribution is -2.29. The third-order valence-electron chi connectivity index (χ3n) is 5.01. The molecule has 4 aromatic rings. The molecule has 0 fully saturated rings. The molecule has 0 spiro atoms. The summed E-state index contributed by atoms with van der Waals surface area (Å²) >= 11 is 1.29. The summed E-state index contributed by atoms with van der Waals surface area (Å²) < 4.78 is 26.7. The van der Waals surface area contributed by atoms with E-state index in [1.807, 2.05) is 11.4 Å². The molecule has 32 heavy (non-hydrogen) atoms. The third-order valence-corrected chi connectivity index (χ3v) is 6.01. The Labute approximate surface area is 187 Å². The molecule has 1 amide bonds. The number of methoxy groups -OCH3 is 2. The molecular formula is C23H20FN3O4S. The van der Waals surface area contributed by atoms with Crippen molar-refractivity contribution in [3.63, 3.8) is 0 Å². The van der Waals surface area contributed by atoms with Crippen LogP contribution in [0.25, 0.3) is 21.5 Å². The fourth-order valence-corrected chi connectivity index (χ4v) is 4.33. The number of hydrogen-bond acceptors (Lipinski definition) is 6. The number of carbonyl (C=O) groups is 2. The monoisotopic (exact) mass is 453 g/mol. The first-order chi connectivity index (χ1) is 15.4. The van der Waals surface area contributed by atoms with Gasteiger partial charge in [-0.1, -0.05) is 12.1 Å². The van der Waals surface area contributed by atoms with Gasteiger partial charge in [0.25, 0.3) is 5.91 Å². The third kappa shape index (κ3) is 3.94. The van der Waals surface area contributed by atoms with E-state index in [1.54, 1.807) is 42.1 Å². The number of rotatable bonds is 7. The molecule has 0 saturated carbocycles. The summed E-state index contributed by atoms with van der Waals surface area (Å²) in [6, 6.07) is 9.63. The van der Waals surface area contributed by atoms with Crippen LogP contribution in [0.2, 0.25) is 0 Å². The minimum Gasteiger partial charge on any atom is -0.493 e. The Morgan fingerprint density at radius 3 is 2.69 bits per heavy atom. The van der Waals surface area contributed by atoms with Crippen LogP contribution in [0.1, 0.15) is 20.8 Å². The Hall–Kier alpha value is -3.72.